The Morgan fingerprint density at radius 1 is 0.486 bits per heavy atom. The highest BCUT2D eigenvalue weighted by Gasteiger charge is 2.14. The van der Waals surface area contributed by atoms with Crippen LogP contribution >= 0.6 is 0 Å². The molecule has 0 spiro atoms. The second kappa shape index (κ2) is 8.81. The Morgan fingerprint density at radius 2 is 1.19 bits per heavy atom. The number of para-hydroxylation sites is 1. The summed E-state index contributed by atoms with van der Waals surface area (Å²) in [5.74, 6) is 0.834. The maximum absolute atomic E-state index is 5.05. The highest BCUT2D eigenvalue weighted by molar-refractivity contribution is 6.08. The van der Waals surface area contributed by atoms with E-state index in [-0.39, 0.29) is 0 Å². The first-order valence-corrected chi connectivity index (χ1v) is 12.1. The zero-order valence-electron chi connectivity index (χ0n) is 19.9. The van der Waals surface area contributed by atoms with E-state index in [1.165, 1.54) is 5.39 Å². The quantitative estimate of drug-likeness (QED) is 0.267. The van der Waals surface area contributed by atoms with Gasteiger partial charge in [0.15, 0.2) is 0 Å². The average Bonchev–Trinajstić information content (AvgIpc) is 3.32. The first-order valence-electron chi connectivity index (χ1n) is 12.1. The van der Waals surface area contributed by atoms with Crippen molar-refractivity contribution >= 4 is 21.8 Å². The summed E-state index contributed by atoms with van der Waals surface area (Å²) in [6, 6.07) is 36.8. The minimum absolute atomic E-state index is 0.815. The largest absolute Gasteiger partial charge is 0.292 e. The van der Waals surface area contributed by atoms with Gasteiger partial charge in [0, 0.05) is 34.3 Å². The molecular formula is C32H21N5. The molecule has 0 fully saturated rings. The molecule has 0 aliphatic carbocycles. The molecule has 37 heavy (non-hydrogen) atoms. The van der Waals surface area contributed by atoms with Crippen molar-refractivity contribution in [3.63, 3.8) is 0 Å². The van der Waals surface area contributed by atoms with Crippen LogP contribution in [0.1, 0.15) is 0 Å². The molecule has 5 heterocycles. The minimum atomic E-state index is 0.815. The SMILES string of the molecule is c1ccc(-c2cccc(-c3cccc(-c4cccc(-n5c6ccccc6c6ccncc65)n4)n3)c2)nc1. The Balaban J connectivity index is 1.32. The van der Waals surface area contributed by atoms with Crippen LogP contribution in [0.2, 0.25) is 0 Å². The smallest absolute Gasteiger partial charge is 0.138 e. The third-order valence-corrected chi connectivity index (χ3v) is 6.57. The van der Waals surface area contributed by atoms with Crippen LogP contribution in [0.4, 0.5) is 0 Å². The number of rotatable bonds is 4. The highest BCUT2D eigenvalue weighted by Crippen LogP contribution is 2.31. The van der Waals surface area contributed by atoms with Crippen molar-refractivity contribution in [3.05, 3.63) is 128 Å². The van der Waals surface area contributed by atoms with Crippen molar-refractivity contribution in [2.75, 3.05) is 0 Å². The van der Waals surface area contributed by atoms with Gasteiger partial charge in [0.05, 0.1) is 40.0 Å². The second-order valence-electron chi connectivity index (χ2n) is 8.83. The van der Waals surface area contributed by atoms with E-state index < -0.39 is 0 Å². The Morgan fingerprint density at radius 3 is 2.08 bits per heavy atom. The van der Waals surface area contributed by atoms with Gasteiger partial charge in [0.2, 0.25) is 0 Å². The van der Waals surface area contributed by atoms with Crippen molar-refractivity contribution in [3.8, 4) is 39.7 Å². The first kappa shape index (κ1) is 21.1. The standard InChI is InChI=1S/C32H21N5/c1-2-15-30-24(10-1)25-17-19-33-21-31(25)37(30)32-16-7-14-29(36-32)28-13-6-12-27(35-28)23-9-5-8-22(20-23)26-11-3-4-18-34-26/h1-21H. The molecule has 5 aromatic heterocycles. The molecule has 0 amide bonds. The number of aromatic nitrogens is 5. The summed E-state index contributed by atoms with van der Waals surface area (Å²) in [6.45, 7) is 0. The van der Waals surface area contributed by atoms with Crippen LogP contribution in [-0.4, -0.2) is 24.5 Å². The van der Waals surface area contributed by atoms with Gasteiger partial charge >= 0.3 is 0 Å². The number of nitrogens with zero attached hydrogens (tertiary/aromatic N) is 5. The van der Waals surface area contributed by atoms with Crippen molar-refractivity contribution in [2.45, 2.75) is 0 Å². The molecule has 0 aliphatic rings. The Labute approximate surface area is 213 Å². The van der Waals surface area contributed by atoms with Gasteiger partial charge in [-0.2, -0.15) is 0 Å². The van der Waals surface area contributed by atoms with Crippen molar-refractivity contribution in [1.29, 1.82) is 0 Å². The molecule has 0 saturated heterocycles. The maximum Gasteiger partial charge on any atom is 0.138 e. The van der Waals surface area contributed by atoms with Crippen LogP contribution in [0.25, 0.3) is 61.5 Å². The van der Waals surface area contributed by atoms with E-state index in [9.17, 15) is 0 Å². The number of fused-ring (bicyclic) bond motifs is 3. The van der Waals surface area contributed by atoms with Crippen molar-refractivity contribution in [1.82, 2.24) is 24.5 Å². The summed E-state index contributed by atoms with van der Waals surface area (Å²) in [4.78, 5) is 18.9. The number of hydrogen-bond donors (Lipinski definition) is 0. The first-order chi connectivity index (χ1) is 18.3. The van der Waals surface area contributed by atoms with Crippen LogP contribution in [0.15, 0.2) is 128 Å². The van der Waals surface area contributed by atoms with E-state index >= 15 is 0 Å². The molecule has 7 rings (SSSR count). The number of hydrogen-bond acceptors (Lipinski definition) is 4. The van der Waals surface area contributed by atoms with Crippen LogP contribution < -0.4 is 0 Å². The Hall–Kier alpha value is -5.16. The van der Waals surface area contributed by atoms with Gasteiger partial charge in [0.25, 0.3) is 0 Å². The van der Waals surface area contributed by atoms with Gasteiger partial charge in [-0.25, -0.2) is 9.97 Å². The highest BCUT2D eigenvalue weighted by atomic mass is 15.1. The van der Waals surface area contributed by atoms with Gasteiger partial charge < -0.3 is 0 Å². The Kier molecular flexibility index (Phi) is 5.03. The van der Waals surface area contributed by atoms with E-state index in [0.29, 0.717) is 0 Å². The molecule has 174 valence electrons. The van der Waals surface area contributed by atoms with E-state index in [0.717, 1.165) is 56.1 Å². The molecule has 0 radical (unpaired) electrons. The molecule has 7 aromatic rings. The lowest BCUT2D eigenvalue weighted by Crippen LogP contribution is -1.99. The predicted octanol–water partition coefficient (Wildman–Crippen LogP) is 7.36. The van der Waals surface area contributed by atoms with Gasteiger partial charge in [0.1, 0.15) is 5.82 Å². The summed E-state index contributed by atoms with van der Waals surface area (Å²) in [5, 5.41) is 2.34. The fourth-order valence-electron chi connectivity index (χ4n) is 4.87. The lowest BCUT2D eigenvalue weighted by Gasteiger charge is -2.10. The number of benzene rings is 2. The van der Waals surface area contributed by atoms with Crippen LogP contribution in [0.3, 0.4) is 0 Å². The van der Waals surface area contributed by atoms with Gasteiger partial charge in [-0.05, 0) is 54.6 Å². The molecule has 0 atom stereocenters. The van der Waals surface area contributed by atoms with E-state index in [2.05, 4.69) is 63.1 Å². The molecule has 0 aliphatic heterocycles. The zero-order chi connectivity index (χ0) is 24.6. The monoisotopic (exact) mass is 475 g/mol. The molecule has 5 heteroatoms. The van der Waals surface area contributed by atoms with Gasteiger partial charge in [-0.15, -0.1) is 0 Å². The molecule has 5 nitrogen and oxygen atoms in total. The summed E-state index contributed by atoms with van der Waals surface area (Å²) in [5.41, 5.74) is 7.69. The topological polar surface area (TPSA) is 56.5 Å². The molecule has 2 aromatic carbocycles. The van der Waals surface area contributed by atoms with Gasteiger partial charge in [-0.3, -0.25) is 14.5 Å². The molecule has 0 unspecified atom stereocenters. The van der Waals surface area contributed by atoms with E-state index in [1.54, 1.807) is 0 Å². The van der Waals surface area contributed by atoms with Crippen molar-refractivity contribution in [2.24, 2.45) is 0 Å². The molecule has 0 bridgehead atoms. The minimum Gasteiger partial charge on any atom is -0.292 e. The number of pyridine rings is 4. The maximum atomic E-state index is 5.05. The zero-order valence-corrected chi connectivity index (χ0v) is 19.9. The Bertz CT molecular complexity index is 1840. The summed E-state index contributed by atoms with van der Waals surface area (Å²) in [7, 11) is 0. The molecule has 0 saturated carbocycles. The summed E-state index contributed by atoms with van der Waals surface area (Å²) in [6.07, 6.45) is 5.55. The van der Waals surface area contributed by atoms with Crippen LogP contribution in [-0.2, 0) is 0 Å². The normalized spacial score (nSPS) is 11.2. The van der Waals surface area contributed by atoms with Crippen LogP contribution in [0, 0.1) is 0 Å². The van der Waals surface area contributed by atoms with Gasteiger partial charge in [-0.1, -0.05) is 54.6 Å². The average molecular weight is 476 g/mol. The fraction of sp³-hybridized carbons (Fsp3) is 0. The summed E-state index contributed by atoms with van der Waals surface area (Å²) >= 11 is 0. The van der Waals surface area contributed by atoms with Crippen LogP contribution in [0.5, 0.6) is 0 Å². The second-order valence-corrected chi connectivity index (χ2v) is 8.83. The lowest BCUT2D eigenvalue weighted by atomic mass is 10.0. The van der Waals surface area contributed by atoms with E-state index in [1.807, 2.05) is 79.3 Å². The summed E-state index contributed by atoms with van der Waals surface area (Å²) < 4.78 is 2.17. The van der Waals surface area contributed by atoms with Crippen molar-refractivity contribution < 1.29 is 0 Å². The fourth-order valence-corrected chi connectivity index (χ4v) is 4.87. The third kappa shape index (κ3) is 3.74. The molecule has 0 N–H and O–H groups in total. The third-order valence-electron chi connectivity index (χ3n) is 6.57. The lowest BCUT2D eigenvalue weighted by molar-refractivity contribution is 1.07. The van der Waals surface area contributed by atoms with E-state index in [4.69, 9.17) is 9.97 Å². The molecular weight excluding hydrogens is 454 g/mol. The predicted molar refractivity (Wildman–Crippen MR) is 148 cm³/mol.